The fourth-order valence-electron chi connectivity index (χ4n) is 2.80. The number of anilines is 1. The predicted molar refractivity (Wildman–Crippen MR) is 97.3 cm³/mol. The van der Waals surface area contributed by atoms with Crippen LogP contribution in [0.15, 0.2) is 48.5 Å². The molecule has 0 saturated carbocycles. The topological polar surface area (TPSA) is 50.2 Å². The lowest BCUT2D eigenvalue weighted by Crippen LogP contribution is -2.25. The summed E-state index contributed by atoms with van der Waals surface area (Å²) >= 11 is 0. The average molecular weight is 322 g/mol. The molecule has 0 aliphatic rings. The van der Waals surface area contributed by atoms with Crippen LogP contribution in [0.2, 0.25) is 0 Å². The number of aromatic nitrogens is 2. The van der Waals surface area contributed by atoms with Gasteiger partial charge in [0.25, 0.3) is 5.91 Å². The van der Waals surface area contributed by atoms with E-state index in [0.29, 0.717) is 12.1 Å². The van der Waals surface area contributed by atoms with Crippen molar-refractivity contribution in [2.45, 2.75) is 20.0 Å². The number of nitrogens with zero attached hydrogens (tertiary/aromatic N) is 3. The van der Waals surface area contributed by atoms with Crippen LogP contribution in [0.3, 0.4) is 0 Å². The number of rotatable bonds is 5. The highest BCUT2D eigenvalue weighted by molar-refractivity contribution is 5.95. The van der Waals surface area contributed by atoms with Gasteiger partial charge in [0.05, 0.1) is 17.6 Å². The maximum atomic E-state index is 12.4. The number of aryl methyl sites for hydroxylation is 1. The molecular weight excluding hydrogens is 300 g/mol. The van der Waals surface area contributed by atoms with Crippen LogP contribution in [0, 0.1) is 0 Å². The number of carbonyl (C=O) groups is 1. The second kappa shape index (κ2) is 6.74. The summed E-state index contributed by atoms with van der Waals surface area (Å²) in [4.78, 5) is 19.1. The maximum absolute atomic E-state index is 12.4. The van der Waals surface area contributed by atoms with E-state index in [9.17, 15) is 4.79 Å². The van der Waals surface area contributed by atoms with Gasteiger partial charge in [-0.25, -0.2) is 4.98 Å². The lowest BCUT2D eigenvalue weighted by Gasteiger charge is -2.13. The van der Waals surface area contributed by atoms with Gasteiger partial charge in [-0.15, -0.1) is 0 Å². The smallest absolute Gasteiger partial charge is 0.251 e. The summed E-state index contributed by atoms with van der Waals surface area (Å²) in [5, 5.41) is 2.98. The van der Waals surface area contributed by atoms with Crippen LogP contribution in [0.25, 0.3) is 11.0 Å². The summed E-state index contributed by atoms with van der Waals surface area (Å²) < 4.78 is 2.13. The highest BCUT2D eigenvalue weighted by Crippen LogP contribution is 2.16. The minimum absolute atomic E-state index is 0.0894. The lowest BCUT2D eigenvalue weighted by atomic mass is 10.2. The minimum atomic E-state index is -0.0894. The second-order valence-electron chi connectivity index (χ2n) is 5.89. The molecule has 1 N–H and O–H groups in total. The van der Waals surface area contributed by atoms with Gasteiger partial charge in [-0.2, -0.15) is 0 Å². The third-order valence-corrected chi connectivity index (χ3v) is 4.08. The third-order valence-electron chi connectivity index (χ3n) is 4.08. The predicted octanol–water partition coefficient (Wildman–Crippen LogP) is 3.05. The van der Waals surface area contributed by atoms with E-state index in [0.717, 1.165) is 29.1 Å². The van der Waals surface area contributed by atoms with E-state index in [1.807, 2.05) is 61.5 Å². The van der Waals surface area contributed by atoms with Crippen molar-refractivity contribution in [3.8, 4) is 0 Å². The molecule has 0 saturated heterocycles. The quantitative estimate of drug-likeness (QED) is 0.785. The van der Waals surface area contributed by atoms with Gasteiger partial charge in [0.1, 0.15) is 5.82 Å². The Morgan fingerprint density at radius 1 is 1.17 bits per heavy atom. The van der Waals surface area contributed by atoms with Crippen molar-refractivity contribution in [3.63, 3.8) is 0 Å². The molecule has 1 heterocycles. The van der Waals surface area contributed by atoms with Crippen molar-refractivity contribution in [1.82, 2.24) is 14.9 Å². The van der Waals surface area contributed by atoms with E-state index < -0.39 is 0 Å². The number of carbonyl (C=O) groups excluding carboxylic acids is 1. The van der Waals surface area contributed by atoms with Crippen molar-refractivity contribution in [3.05, 3.63) is 59.9 Å². The van der Waals surface area contributed by atoms with E-state index in [2.05, 4.69) is 27.9 Å². The normalized spacial score (nSPS) is 10.8. The standard InChI is InChI=1S/C19H22N4O/c1-4-23-17-11-6-5-10-16(17)21-18(23)13-20-19(24)14-8-7-9-15(12-14)22(2)3/h5-12H,4,13H2,1-3H3,(H,20,24). The van der Waals surface area contributed by atoms with E-state index in [4.69, 9.17) is 0 Å². The molecule has 1 amide bonds. The number of hydrogen-bond donors (Lipinski definition) is 1. The van der Waals surface area contributed by atoms with Crippen molar-refractivity contribution in [2.24, 2.45) is 0 Å². The first-order valence-corrected chi connectivity index (χ1v) is 8.10. The van der Waals surface area contributed by atoms with Crippen LogP contribution < -0.4 is 10.2 Å². The summed E-state index contributed by atoms with van der Waals surface area (Å²) in [6.45, 7) is 3.31. The van der Waals surface area contributed by atoms with Gasteiger partial charge in [-0.3, -0.25) is 4.79 Å². The molecule has 0 atom stereocenters. The van der Waals surface area contributed by atoms with Gasteiger partial charge in [-0.1, -0.05) is 18.2 Å². The fraction of sp³-hybridized carbons (Fsp3) is 0.263. The van der Waals surface area contributed by atoms with Gasteiger partial charge in [0.2, 0.25) is 0 Å². The van der Waals surface area contributed by atoms with Crippen molar-refractivity contribution >= 4 is 22.6 Å². The second-order valence-corrected chi connectivity index (χ2v) is 5.89. The Labute approximate surface area is 141 Å². The highest BCUT2D eigenvalue weighted by atomic mass is 16.1. The Balaban J connectivity index is 1.78. The zero-order valence-corrected chi connectivity index (χ0v) is 14.3. The Bertz CT molecular complexity index is 867. The molecule has 5 nitrogen and oxygen atoms in total. The van der Waals surface area contributed by atoms with Crippen LogP contribution in [-0.4, -0.2) is 29.6 Å². The summed E-state index contributed by atoms with van der Waals surface area (Å²) in [7, 11) is 3.92. The molecule has 124 valence electrons. The number of para-hydroxylation sites is 2. The first-order valence-electron chi connectivity index (χ1n) is 8.10. The van der Waals surface area contributed by atoms with Crippen molar-refractivity contribution < 1.29 is 4.79 Å². The first-order chi connectivity index (χ1) is 11.6. The molecule has 1 aromatic heterocycles. The van der Waals surface area contributed by atoms with Crippen molar-refractivity contribution in [1.29, 1.82) is 0 Å². The Morgan fingerprint density at radius 2 is 1.96 bits per heavy atom. The zero-order valence-electron chi connectivity index (χ0n) is 14.3. The van der Waals surface area contributed by atoms with E-state index >= 15 is 0 Å². The maximum Gasteiger partial charge on any atom is 0.251 e. The average Bonchev–Trinajstić information content (AvgIpc) is 2.97. The molecule has 0 unspecified atom stereocenters. The molecule has 0 radical (unpaired) electrons. The molecule has 0 bridgehead atoms. The number of hydrogen-bond acceptors (Lipinski definition) is 3. The number of fused-ring (bicyclic) bond motifs is 1. The molecule has 3 rings (SSSR count). The summed E-state index contributed by atoms with van der Waals surface area (Å²) in [5.74, 6) is 0.782. The number of imidazole rings is 1. The molecule has 24 heavy (non-hydrogen) atoms. The SMILES string of the molecule is CCn1c(CNC(=O)c2cccc(N(C)C)c2)nc2ccccc21. The summed E-state index contributed by atoms with van der Waals surface area (Å²) in [6, 6.07) is 15.6. The summed E-state index contributed by atoms with van der Waals surface area (Å²) in [5.41, 5.74) is 3.71. The lowest BCUT2D eigenvalue weighted by molar-refractivity contribution is 0.0949. The van der Waals surface area contributed by atoms with Gasteiger partial charge in [0.15, 0.2) is 0 Å². The van der Waals surface area contributed by atoms with Crippen LogP contribution in [-0.2, 0) is 13.1 Å². The molecule has 5 heteroatoms. The van der Waals surface area contributed by atoms with Gasteiger partial charge in [-0.05, 0) is 37.3 Å². The first kappa shape index (κ1) is 16.1. The Morgan fingerprint density at radius 3 is 2.71 bits per heavy atom. The molecule has 2 aromatic carbocycles. The van der Waals surface area contributed by atoms with E-state index in [1.54, 1.807) is 0 Å². The molecule has 0 spiro atoms. The van der Waals surface area contributed by atoms with E-state index in [-0.39, 0.29) is 5.91 Å². The molecule has 0 fully saturated rings. The van der Waals surface area contributed by atoms with Crippen LogP contribution in [0.4, 0.5) is 5.69 Å². The van der Waals surface area contributed by atoms with Gasteiger partial charge < -0.3 is 14.8 Å². The molecule has 0 aliphatic carbocycles. The van der Waals surface area contributed by atoms with Crippen LogP contribution >= 0.6 is 0 Å². The minimum Gasteiger partial charge on any atom is -0.378 e. The molecule has 0 aliphatic heterocycles. The largest absolute Gasteiger partial charge is 0.378 e. The van der Waals surface area contributed by atoms with Crippen molar-refractivity contribution in [2.75, 3.05) is 19.0 Å². The number of amides is 1. The Hall–Kier alpha value is -2.82. The van der Waals surface area contributed by atoms with Gasteiger partial charge in [0, 0.05) is 31.9 Å². The monoisotopic (exact) mass is 322 g/mol. The summed E-state index contributed by atoms with van der Waals surface area (Å²) in [6.07, 6.45) is 0. The number of nitrogens with one attached hydrogen (secondary N) is 1. The molecular formula is C19H22N4O. The fourth-order valence-corrected chi connectivity index (χ4v) is 2.80. The van der Waals surface area contributed by atoms with Crippen LogP contribution in [0.5, 0.6) is 0 Å². The zero-order chi connectivity index (χ0) is 17.1. The highest BCUT2D eigenvalue weighted by Gasteiger charge is 2.11. The third kappa shape index (κ3) is 3.11. The van der Waals surface area contributed by atoms with E-state index in [1.165, 1.54) is 0 Å². The number of benzene rings is 2. The van der Waals surface area contributed by atoms with Crippen LogP contribution in [0.1, 0.15) is 23.1 Å². The molecule has 3 aromatic rings. The van der Waals surface area contributed by atoms with Gasteiger partial charge >= 0.3 is 0 Å². The Kier molecular flexibility index (Phi) is 4.51.